The van der Waals surface area contributed by atoms with Gasteiger partial charge in [-0.15, -0.1) is 0 Å². The van der Waals surface area contributed by atoms with E-state index < -0.39 is 27.0 Å². The number of benzene rings is 1. The fourth-order valence-electron chi connectivity index (χ4n) is 2.28. The Balaban J connectivity index is 2.31. The van der Waals surface area contributed by atoms with Gasteiger partial charge in [-0.05, 0) is 37.1 Å². The molecule has 0 radical (unpaired) electrons. The maximum Gasteiger partial charge on any atom is 0.337 e. The van der Waals surface area contributed by atoms with E-state index in [0.717, 1.165) is 11.8 Å². The summed E-state index contributed by atoms with van der Waals surface area (Å²) >= 11 is 0. The number of methoxy groups -OCH3 is 1. The molecule has 0 saturated heterocycles. The third kappa shape index (κ3) is 2.92. The highest BCUT2D eigenvalue weighted by molar-refractivity contribution is 7.92. The lowest BCUT2D eigenvalue weighted by atomic mass is 10.1. The number of hydrogen-bond donors (Lipinski definition) is 0. The zero-order chi connectivity index (χ0) is 15.8. The molecule has 114 valence electrons. The van der Waals surface area contributed by atoms with Crippen LogP contribution in [-0.2, 0) is 25.8 Å². The van der Waals surface area contributed by atoms with E-state index in [9.17, 15) is 18.0 Å². The van der Waals surface area contributed by atoms with Gasteiger partial charge in [0.1, 0.15) is 5.25 Å². The number of sulfone groups is 1. The Morgan fingerprint density at radius 1 is 1.33 bits per heavy atom. The van der Waals surface area contributed by atoms with Gasteiger partial charge < -0.3 is 9.64 Å². The van der Waals surface area contributed by atoms with Crippen molar-refractivity contribution in [3.63, 3.8) is 0 Å². The first-order valence-corrected chi connectivity index (χ1v) is 8.42. The molecule has 7 heteroatoms. The van der Waals surface area contributed by atoms with Crippen molar-refractivity contribution in [1.29, 1.82) is 0 Å². The average molecular weight is 311 g/mol. The van der Waals surface area contributed by atoms with Gasteiger partial charge in [-0.25, -0.2) is 13.2 Å². The van der Waals surface area contributed by atoms with Crippen LogP contribution in [0.3, 0.4) is 0 Å². The Labute approximate surface area is 123 Å². The highest BCUT2D eigenvalue weighted by Gasteiger charge is 2.33. The SMILES string of the molecule is COC(=O)c1ccc2c(c1)CCN2C(=O)C(C)S(C)(=O)=O. The van der Waals surface area contributed by atoms with Crippen LogP contribution in [0.5, 0.6) is 0 Å². The van der Waals surface area contributed by atoms with Crippen LogP contribution in [-0.4, -0.2) is 45.5 Å². The fraction of sp³-hybridized carbons (Fsp3) is 0.429. The Morgan fingerprint density at radius 2 is 2.00 bits per heavy atom. The first-order valence-electron chi connectivity index (χ1n) is 6.47. The molecule has 0 bridgehead atoms. The average Bonchev–Trinajstić information content (AvgIpc) is 2.86. The highest BCUT2D eigenvalue weighted by Crippen LogP contribution is 2.30. The van der Waals surface area contributed by atoms with Crippen molar-refractivity contribution < 1.29 is 22.7 Å². The van der Waals surface area contributed by atoms with Crippen LogP contribution in [0.2, 0.25) is 0 Å². The molecule has 6 nitrogen and oxygen atoms in total. The van der Waals surface area contributed by atoms with Crippen molar-refractivity contribution >= 4 is 27.4 Å². The van der Waals surface area contributed by atoms with Crippen molar-refractivity contribution in [1.82, 2.24) is 0 Å². The summed E-state index contributed by atoms with van der Waals surface area (Å²) in [5, 5.41) is -1.08. The number of ether oxygens (including phenoxy) is 1. The molecular formula is C14H17NO5S. The van der Waals surface area contributed by atoms with Gasteiger partial charge in [0.15, 0.2) is 9.84 Å². The summed E-state index contributed by atoms with van der Waals surface area (Å²) in [6, 6.07) is 4.91. The van der Waals surface area contributed by atoms with E-state index in [1.54, 1.807) is 18.2 Å². The number of amides is 1. The molecule has 1 heterocycles. The summed E-state index contributed by atoms with van der Waals surface area (Å²) in [5.74, 6) is -0.880. The second-order valence-electron chi connectivity index (χ2n) is 5.05. The van der Waals surface area contributed by atoms with Crippen molar-refractivity contribution in [2.75, 3.05) is 24.8 Å². The molecule has 0 N–H and O–H groups in total. The number of anilines is 1. The Morgan fingerprint density at radius 3 is 2.57 bits per heavy atom. The van der Waals surface area contributed by atoms with Crippen molar-refractivity contribution in [3.8, 4) is 0 Å². The van der Waals surface area contributed by atoms with Gasteiger partial charge in [-0.3, -0.25) is 4.79 Å². The van der Waals surface area contributed by atoms with E-state index in [1.807, 2.05) is 0 Å². The Hall–Kier alpha value is -1.89. The molecule has 21 heavy (non-hydrogen) atoms. The standard InChI is InChI=1S/C14H17NO5S/c1-9(21(3,18)19)13(16)15-7-6-10-8-11(14(17)20-2)4-5-12(10)15/h4-5,8-9H,6-7H2,1-3H3. The van der Waals surface area contributed by atoms with Gasteiger partial charge in [0, 0.05) is 18.5 Å². The Bertz CT molecular complexity index is 695. The van der Waals surface area contributed by atoms with E-state index in [4.69, 9.17) is 0 Å². The molecule has 1 unspecified atom stereocenters. The largest absolute Gasteiger partial charge is 0.465 e. The molecule has 0 spiro atoms. The van der Waals surface area contributed by atoms with Crippen LogP contribution >= 0.6 is 0 Å². The summed E-state index contributed by atoms with van der Waals surface area (Å²) < 4.78 is 27.7. The maximum absolute atomic E-state index is 12.3. The van der Waals surface area contributed by atoms with Crippen molar-refractivity contribution in [2.45, 2.75) is 18.6 Å². The lowest BCUT2D eigenvalue weighted by Crippen LogP contribution is -2.40. The first-order chi connectivity index (χ1) is 9.75. The van der Waals surface area contributed by atoms with Gasteiger partial charge in [0.2, 0.25) is 5.91 Å². The minimum absolute atomic E-state index is 0.415. The maximum atomic E-state index is 12.3. The van der Waals surface area contributed by atoms with Crippen molar-refractivity contribution in [3.05, 3.63) is 29.3 Å². The number of carbonyl (C=O) groups excluding carboxylic acids is 2. The second-order valence-corrected chi connectivity index (χ2v) is 7.41. The van der Waals surface area contributed by atoms with Gasteiger partial charge in [-0.2, -0.15) is 0 Å². The Kier molecular flexibility index (Phi) is 4.04. The van der Waals surface area contributed by atoms with Gasteiger partial charge in [0.25, 0.3) is 0 Å². The molecule has 1 aliphatic rings. The molecule has 0 aliphatic carbocycles. The predicted octanol–water partition coefficient (Wildman–Crippen LogP) is 0.795. The topological polar surface area (TPSA) is 80.8 Å². The number of hydrogen-bond acceptors (Lipinski definition) is 5. The summed E-state index contributed by atoms with van der Waals surface area (Å²) in [6.45, 7) is 1.80. The van der Waals surface area contributed by atoms with Crippen LogP contribution in [0.25, 0.3) is 0 Å². The summed E-state index contributed by atoms with van der Waals surface area (Å²) in [6.07, 6.45) is 1.63. The number of nitrogens with zero attached hydrogens (tertiary/aromatic N) is 1. The molecule has 1 aromatic rings. The summed E-state index contributed by atoms with van der Waals surface area (Å²) in [5.41, 5.74) is 1.91. The van der Waals surface area contributed by atoms with E-state index in [-0.39, 0.29) is 0 Å². The van der Waals surface area contributed by atoms with Crippen LogP contribution in [0.1, 0.15) is 22.8 Å². The third-order valence-electron chi connectivity index (χ3n) is 3.65. The molecule has 0 saturated carbocycles. The van der Waals surface area contributed by atoms with Crippen LogP contribution < -0.4 is 4.90 Å². The zero-order valence-corrected chi connectivity index (χ0v) is 12.9. The predicted molar refractivity (Wildman–Crippen MR) is 78.1 cm³/mol. The van der Waals surface area contributed by atoms with E-state index in [1.165, 1.54) is 18.9 Å². The van der Waals surface area contributed by atoms with Crippen LogP contribution in [0.15, 0.2) is 18.2 Å². The highest BCUT2D eigenvalue weighted by atomic mass is 32.2. The monoisotopic (exact) mass is 311 g/mol. The second kappa shape index (κ2) is 5.48. The van der Waals surface area contributed by atoms with Crippen molar-refractivity contribution in [2.24, 2.45) is 0 Å². The zero-order valence-electron chi connectivity index (χ0n) is 12.1. The molecule has 2 rings (SSSR count). The molecule has 1 aliphatic heterocycles. The van der Waals surface area contributed by atoms with Gasteiger partial charge in [0.05, 0.1) is 12.7 Å². The van der Waals surface area contributed by atoms with E-state index in [2.05, 4.69) is 4.74 Å². The molecule has 1 aromatic carbocycles. The molecule has 1 amide bonds. The summed E-state index contributed by atoms with van der Waals surface area (Å²) in [4.78, 5) is 25.2. The van der Waals surface area contributed by atoms with Gasteiger partial charge in [-0.1, -0.05) is 0 Å². The number of fused-ring (bicyclic) bond motifs is 1. The summed E-state index contributed by atoms with van der Waals surface area (Å²) in [7, 11) is -2.13. The molecule has 0 fully saturated rings. The molecule has 0 aromatic heterocycles. The van der Waals surface area contributed by atoms with Crippen LogP contribution in [0, 0.1) is 0 Å². The first kappa shape index (κ1) is 15.5. The lowest BCUT2D eigenvalue weighted by Gasteiger charge is -2.20. The lowest BCUT2D eigenvalue weighted by molar-refractivity contribution is -0.117. The normalized spacial score (nSPS) is 15.5. The number of rotatable bonds is 3. The number of carbonyl (C=O) groups is 2. The quantitative estimate of drug-likeness (QED) is 0.771. The van der Waals surface area contributed by atoms with E-state index in [0.29, 0.717) is 24.2 Å². The smallest absolute Gasteiger partial charge is 0.337 e. The molecule has 1 atom stereocenters. The fourth-order valence-corrected chi connectivity index (χ4v) is 2.77. The minimum Gasteiger partial charge on any atom is -0.465 e. The minimum atomic E-state index is -3.43. The van der Waals surface area contributed by atoms with Gasteiger partial charge >= 0.3 is 5.97 Å². The third-order valence-corrected chi connectivity index (χ3v) is 5.14. The molecular weight excluding hydrogens is 294 g/mol. The van der Waals surface area contributed by atoms with E-state index >= 15 is 0 Å². The number of esters is 1. The van der Waals surface area contributed by atoms with Crippen LogP contribution in [0.4, 0.5) is 5.69 Å².